The predicted molar refractivity (Wildman–Crippen MR) is 105 cm³/mol. The van der Waals surface area contributed by atoms with Crippen LogP contribution < -0.4 is 4.74 Å². The Kier molecular flexibility index (Phi) is 5.95. The lowest BCUT2D eigenvalue weighted by molar-refractivity contribution is -0.0879. The first-order valence-corrected chi connectivity index (χ1v) is 10.1. The Morgan fingerprint density at radius 2 is 2.08 bits per heavy atom. The van der Waals surface area contributed by atoms with Gasteiger partial charge >= 0.3 is 0 Å². The Bertz CT molecular complexity index is 630. The van der Waals surface area contributed by atoms with Gasteiger partial charge in [-0.15, -0.1) is 0 Å². The van der Waals surface area contributed by atoms with Crippen LogP contribution in [0.2, 0.25) is 0 Å². The monoisotopic (exact) mass is 361 g/mol. The molecule has 0 amide bonds. The van der Waals surface area contributed by atoms with Crippen molar-refractivity contribution in [3.05, 3.63) is 28.8 Å². The molecule has 1 saturated carbocycles. The summed E-state index contributed by atoms with van der Waals surface area (Å²) in [5, 5.41) is 10.2. The maximum atomic E-state index is 10.2. The van der Waals surface area contributed by atoms with E-state index in [1.807, 2.05) is 14.0 Å². The maximum absolute atomic E-state index is 10.2. The van der Waals surface area contributed by atoms with Gasteiger partial charge in [-0.3, -0.25) is 4.90 Å². The van der Waals surface area contributed by atoms with Crippen LogP contribution in [0.4, 0.5) is 0 Å². The van der Waals surface area contributed by atoms with Gasteiger partial charge in [-0.2, -0.15) is 0 Å². The molecule has 26 heavy (non-hydrogen) atoms. The molecule has 0 spiro atoms. The number of fused-ring (bicyclic) bond motifs is 1. The lowest BCUT2D eigenvalue weighted by atomic mass is 9.79. The van der Waals surface area contributed by atoms with Crippen molar-refractivity contribution in [2.75, 3.05) is 20.3 Å². The summed E-state index contributed by atoms with van der Waals surface area (Å²) in [6.07, 6.45) is 3.51. The summed E-state index contributed by atoms with van der Waals surface area (Å²) in [4.78, 5) is 2.53. The zero-order valence-corrected chi connectivity index (χ0v) is 17.0. The van der Waals surface area contributed by atoms with Gasteiger partial charge in [0.05, 0.1) is 18.3 Å². The van der Waals surface area contributed by atoms with E-state index in [-0.39, 0.29) is 11.7 Å². The number of nitrogens with zero attached hydrogens (tertiary/aromatic N) is 1. The molecule has 0 aromatic heterocycles. The Labute approximate surface area is 158 Å². The molecule has 1 aromatic carbocycles. The lowest BCUT2D eigenvalue weighted by Crippen LogP contribution is -2.51. The summed E-state index contributed by atoms with van der Waals surface area (Å²) in [5.41, 5.74) is 3.86. The van der Waals surface area contributed by atoms with Gasteiger partial charge in [-0.05, 0) is 68.2 Å². The molecule has 1 heterocycles. The van der Waals surface area contributed by atoms with E-state index in [4.69, 9.17) is 9.47 Å². The number of aliphatic hydroxyl groups excluding tert-OH is 1. The number of aryl methyl sites for hydroxylation is 1. The standard InChI is InChI=1S/C22H35NO3/c1-6-26-20-11-16(4)17(12-19(20)15(2)3)14-23-10-9-22(25-5)8-7-18(24)13-21(22)23/h11-12,15,18,21,24H,6-10,13-14H2,1-5H3/t18-,21+,22-/m1/s1. The molecule has 146 valence electrons. The van der Waals surface area contributed by atoms with E-state index in [2.05, 4.69) is 37.8 Å². The number of likely N-dealkylation sites (tertiary alicyclic amines) is 1. The van der Waals surface area contributed by atoms with Crippen LogP contribution in [0.15, 0.2) is 12.1 Å². The summed E-state index contributed by atoms with van der Waals surface area (Å²) in [6, 6.07) is 4.84. The maximum Gasteiger partial charge on any atom is 0.123 e. The zero-order chi connectivity index (χ0) is 18.9. The fraction of sp³-hybridized carbons (Fsp3) is 0.727. The Morgan fingerprint density at radius 1 is 1.31 bits per heavy atom. The smallest absolute Gasteiger partial charge is 0.123 e. The van der Waals surface area contributed by atoms with Crippen molar-refractivity contribution in [3.8, 4) is 5.75 Å². The van der Waals surface area contributed by atoms with Crippen LogP contribution in [0, 0.1) is 6.92 Å². The quantitative estimate of drug-likeness (QED) is 0.831. The average Bonchev–Trinajstić information content (AvgIpc) is 2.95. The number of hydrogen-bond donors (Lipinski definition) is 1. The van der Waals surface area contributed by atoms with Crippen LogP contribution >= 0.6 is 0 Å². The molecule has 0 radical (unpaired) electrons. The summed E-state index contributed by atoms with van der Waals surface area (Å²) in [6.45, 7) is 11.3. The number of benzene rings is 1. The summed E-state index contributed by atoms with van der Waals surface area (Å²) in [5.74, 6) is 1.45. The minimum absolute atomic E-state index is 0.0702. The minimum atomic E-state index is -0.198. The Hall–Kier alpha value is -1.10. The molecule has 3 atom stereocenters. The average molecular weight is 362 g/mol. The molecule has 1 aliphatic carbocycles. The Balaban J connectivity index is 1.85. The molecule has 2 aliphatic rings. The van der Waals surface area contributed by atoms with Crippen molar-refractivity contribution in [1.82, 2.24) is 4.90 Å². The van der Waals surface area contributed by atoms with E-state index in [1.165, 1.54) is 16.7 Å². The molecule has 0 unspecified atom stereocenters. The highest BCUT2D eigenvalue weighted by Crippen LogP contribution is 2.43. The van der Waals surface area contributed by atoms with E-state index in [1.54, 1.807) is 0 Å². The van der Waals surface area contributed by atoms with E-state index < -0.39 is 0 Å². The number of hydrogen-bond acceptors (Lipinski definition) is 4. The van der Waals surface area contributed by atoms with Gasteiger partial charge in [-0.1, -0.05) is 19.9 Å². The minimum Gasteiger partial charge on any atom is -0.494 e. The van der Waals surface area contributed by atoms with E-state index in [0.29, 0.717) is 18.6 Å². The topological polar surface area (TPSA) is 41.9 Å². The fourth-order valence-corrected chi connectivity index (χ4v) is 4.83. The molecular formula is C22H35NO3. The van der Waals surface area contributed by atoms with Gasteiger partial charge in [0.25, 0.3) is 0 Å². The van der Waals surface area contributed by atoms with Gasteiger partial charge in [0.15, 0.2) is 0 Å². The van der Waals surface area contributed by atoms with Crippen LogP contribution in [0.1, 0.15) is 69.1 Å². The molecule has 0 bridgehead atoms. The van der Waals surface area contributed by atoms with E-state index >= 15 is 0 Å². The molecule has 4 nitrogen and oxygen atoms in total. The molecule has 3 rings (SSSR count). The number of methoxy groups -OCH3 is 1. The van der Waals surface area contributed by atoms with Crippen molar-refractivity contribution in [3.63, 3.8) is 0 Å². The lowest BCUT2D eigenvalue weighted by Gasteiger charge is -2.42. The Morgan fingerprint density at radius 3 is 2.73 bits per heavy atom. The van der Waals surface area contributed by atoms with Gasteiger partial charge in [0.1, 0.15) is 5.75 Å². The van der Waals surface area contributed by atoms with Crippen LogP contribution in [-0.4, -0.2) is 48.0 Å². The highest BCUT2D eigenvalue weighted by molar-refractivity contribution is 5.44. The predicted octanol–water partition coefficient (Wildman–Crippen LogP) is 4.02. The molecule has 1 aromatic rings. The van der Waals surface area contributed by atoms with Crippen molar-refractivity contribution in [2.24, 2.45) is 0 Å². The molecule has 2 fully saturated rings. The fourth-order valence-electron chi connectivity index (χ4n) is 4.83. The third-order valence-electron chi connectivity index (χ3n) is 6.44. The number of rotatable bonds is 6. The SMILES string of the molecule is CCOc1cc(C)c(CN2CC[C@]3(OC)CC[C@@H](O)C[C@H]23)cc1C(C)C. The second-order valence-electron chi connectivity index (χ2n) is 8.34. The third kappa shape index (κ3) is 3.64. The van der Waals surface area contributed by atoms with E-state index in [0.717, 1.165) is 44.5 Å². The first kappa shape index (κ1) is 19.7. The molecular weight excluding hydrogens is 326 g/mol. The van der Waals surface area contributed by atoms with Gasteiger partial charge < -0.3 is 14.6 Å². The highest BCUT2D eigenvalue weighted by Gasteiger charge is 2.50. The van der Waals surface area contributed by atoms with Crippen molar-refractivity contribution >= 4 is 0 Å². The molecule has 4 heteroatoms. The van der Waals surface area contributed by atoms with Crippen molar-refractivity contribution in [1.29, 1.82) is 0 Å². The van der Waals surface area contributed by atoms with Crippen LogP contribution in [0.5, 0.6) is 5.75 Å². The molecule has 1 aliphatic heterocycles. The normalized spacial score (nSPS) is 29.2. The third-order valence-corrected chi connectivity index (χ3v) is 6.44. The van der Waals surface area contributed by atoms with Gasteiger partial charge in [0.2, 0.25) is 0 Å². The number of aliphatic hydroxyl groups is 1. The van der Waals surface area contributed by atoms with Gasteiger partial charge in [0, 0.05) is 26.2 Å². The van der Waals surface area contributed by atoms with Gasteiger partial charge in [-0.25, -0.2) is 0 Å². The summed E-state index contributed by atoms with van der Waals surface area (Å²) < 4.78 is 11.9. The summed E-state index contributed by atoms with van der Waals surface area (Å²) in [7, 11) is 1.84. The van der Waals surface area contributed by atoms with E-state index in [9.17, 15) is 5.11 Å². The summed E-state index contributed by atoms with van der Waals surface area (Å²) >= 11 is 0. The number of ether oxygens (including phenoxy) is 2. The second-order valence-corrected chi connectivity index (χ2v) is 8.34. The van der Waals surface area contributed by atoms with Crippen LogP contribution in [-0.2, 0) is 11.3 Å². The highest BCUT2D eigenvalue weighted by atomic mass is 16.5. The van der Waals surface area contributed by atoms with Crippen LogP contribution in [0.25, 0.3) is 0 Å². The largest absolute Gasteiger partial charge is 0.494 e. The second kappa shape index (κ2) is 7.87. The van der Waals surface area contributed by atoms with Crippen molar-refractivity contribution in [2.45, 2.75) is 83.6 Å². The first-order valence-electron chi connectivity index (χ1n) is 10.1. The first-order chi connectivity index (χ1) is 12.4. The van der Waals surface area contributed by atoms with Crippen molar-refractivity contribution < 1.29 is 14.6 Å². The molecule has 1 N–H and O–H groups in total. The zero-order valence-electron chi connectivity index (χ0n) is 17.0. The molecule has 1 saturated heterocycles. The van der Waals surface area contributed by atoms with Crippen LogP contribution in [0.3, 0.4) is 0 Å².